The van der Waals surface area contributed by atoms with Crippen LogP contribution in [0.15, 0.2) is 34.9 Å². The zero-order chi connectivity index (χ0) is 18.6. The quantitative estimate of drug-likeness (QED) is 0.691. The molecule has 0 N–H and O–H groups in total. The lowest BCUT2D eigenvalue weighted by Gasteiger charge is -2.41. The van der Waals surface area contributed by atoms with Crippen molar-refractivity contribution in [2.24, 2.45) is 0 Å². The number of aromatic nitrogens is 1. The first kappa shape index (κ1) is 18.3. The number of hydrogen-bond donors (Lipinski definition) is 0. The van der Waals surface area contributed by atoms with E-state index in [1.165, 1.54) is 38.5 Å². The van der Waals surface area contributed by atoms with Crippen LogP contribution in [-0.2, 0) is 0 Å². The number of hydrogen-bond acceptors (Lipinski definition) is 3. The zero-order valence-corrected chi connectivity index (χ0v) is 16.3. The smallest absolute Gasteiger partial charge is 0.260 e. The van der Waals surface area contributed by atoms with Gasteiger partial charge >= 0.3 is 0 Å². The Balaban J connectivity index is 1.70. The molecule has 0 bridgehead atoms. The van der Waals surface area contributed by atoms with Crippen molar-refractivity contribution in [3.05, 3.63) is 41.7 Å². The van der Waals surface area contributed by atoms with Crippen molar-refractivity contribution in [3.8, 4) is 11.3 Å². The van der Waals surface area contributed by atoms with Crippen molar-refractivity contribution >= 4 is 5.91 Å². The van der Waals surface area contributed by atoms with E-state index in [4.69, 9.17) is 4.52 Å². The first-order chi connectivity index (χ1) is 13.3. The lowest BCUT2D eigenvalue weighted by Crippen LogP contribution is -2.49. The van der Waals surface area contributed by atoms with E-state index >= 15 is 0 Å². The molecule has 2 aliphatic carbocycles. The van der Waals surface area contributed by atoms with Crippen molar-refractivity contribution in [2.45, 2.75) is 83.2 Å². The van der Waals surface area contributed by atoms with Crippen LogP contribution in [0.5, 0.6) is 0 Å². The van der Waals surface area contributed by atoms with E-state index in [1.54, 1.807) is 0 Å². The van der Waals surface area contributed by atoms with Crippen LogP contribution in [0.1, 0.15) is 80.3 Å². The second-order valence-electron chi connectivity index (χ2n) is 8.12. The molecule has 4 nitrogen and oxygen atoms in total. The lowest BCUT2D eigenvalue weighted by molar-refractivity contribution is 0.0447. The third-order valence-corrected chi connectivity index (χ3v) is 6.29. The average Bonchev–Trinajstić information content (AvgIpc) is 3.12. The predicted molar refractivity (Wildman–Crippen MR) is 107 cm³/mol. The summed E-state index contributed by atoms with van der Waals surface area (Å²) < 4.78 is 5.50. The second-order valence-corrected chi connectivity index (χ2v) is 8.12. The summed E-state index contributed by atoms with van der Waals surface area (Å²) in [6.07, 6.45) is 12.0. The molecule has 0 aliphatic heterocycles. The molecule has 0 unspecified atom stereocenters. The van der Waals surface area contributed by atoms with Gasteiger partial charge in [0, 0.05) is 17.6 Å². The fourth-order valence-electron chi connectivity index (χ4n) is 4.89. The third kappa shape index (κ3) is 3.80. The van der Waals surface area contributed by atoms with Crippen LogP contribution < -0.4 is 0 Å². The molecule has 0 radical (unpaired) electrons. The van der Waals surface area contributed by atoms with E-state index in [0.29, 0.717) is 29.1 Å². The van der Waals surface area contributed by atoms with Crippen LogP contribution in [0.4, 0.5) is 0 Å². The van der Waals surface area contributed by atoms with E-state index in [2.05, 4.69) is 10.1 Å². The second kappa shape index (κ2) is 8.28. The van der Waals surface area contributed by atoms with Gasteiger partial charge in [0.05, 0.1) is 0 Å². The van der Waals surface area contributed by atoms with Crippen molar-refractivity contribution in [2.75, 3.05) is 0 Å². The summed E-state index contributed by atoms with van der Waals surface area (Å²) in [5.41, 5.74) is 2.30. The van der Waals surface area contributed by atoms with E-state index < -0.39 is 0 Å². The summed E-state index contributed by atoms with van der Waals surface area (Å²) in [7, 11) is 0. The van der Waals surface area contributed by atoms with Gasteiger partial charge in [0.25, 0.3) is 5.91 Å². The maximum Gasteiger partial charge on any atom is 0.260 e. The summed E-state index contributed by atoms with van der Waals surface area (Å²) >= 11 is 0. The number of aryl methyl sites for hydroxylation is 1. The highest BCUT2D eigenvalue weighted by Gasteiger charge is 2.36. The van der Waals surface area contributed by atoms with Gasteiger partial charge in [-0.3, -0.25) is 4.79 Å². The number of rotatable bonds is 4. The van der Waals surface area contributed by atoms with E-state index in [9.17, 15) is 4.79 Å². The molecule has 2 fully saturated rings. The maximum atomic E-state index is 13.8. The maximum absolute atomic E-state index is 13.8. The molecule has 27 heavy (non-hydrogen) atoms. The molecular formula is C23H30N2O2. The van der Waals surface area contributed by atoms with Gasteiger partial charge in [0.2, 0.25) is 0 Å². The van der Waals surface area contributed by atoms with Crippen molar-refractivity contribution in [1.29, 1.82) is 0 Å². The van der Waals surface area contributed by atoms with Gasteiger partial charge in [0.1, 0.15) is 17.0 Å². The summed E-state index contributed by atoms with van der Waals surface area (Å²) in [6.45, 7) is 1.87. The van der Waals surface area contributed by atoms with Crippen molar-refractivity contribution < 1.29 is 9.32 Å². The van der Waals surface area contributed by atoms with Crippen molar-refractivity contribution in [1.82, 2.24) is 10.1 Å². The molecule has 2 aromatic rings. The minimum atomic E-state index is 0.131. The highest BCUT2D eigenvalue weighted by Crippen LogP contribution is 2.34. The Labute approximate surface area is 161 Å². The summed E-state index contributed by atoms with van der Waals surface area (Å²) in [4.78, 5) is 16.1. The zero-order valence-electron chi connectivity index (χ0n) is 16.3. The fraction of sp³-hybridized carbons (Fsp3) is 0.565. The van der Waals surface area contributed by atoms with Crippen LogP contribution in [-0.4, -0.2) is 28.0 Å². The minimum absolute atomic E-state index is 0.131. The molecule has 1 aromatic heterocycles. The predicted octanol–water partition coefficient (Wildman–Crippen LogP) is 5.76. The Morgan fingerprint density at radius 2 is 1.48 bits per heavy atom. The molecular weight excluding hydrogens is 336 g/mol. The van der Waals surface area contributed by atoms with Crippen LogP contribution in [0.2, 0.25) is 0 Å². The SMILES string of the molecule is Cc1onc(-c2ccccc2)c1C(=O)N(C1CCCCC1)C1CCCCC1. The lowest BCUT2D eigenvalue weighted by atomic mass is 9.87. The largest absolute Gasteiger partial charge is 0.360 e. The Morgan fingerprint density at radius 1 is 0.926 bits per heavy atom. The number of carbonyl (C=O) groups is 1. The monoisotopic (exact) mass is 366 g/mol. The molecule has 1 aromatic carbocycles. The Kier molecular flexibility index (Phi) is 5.61. The van der Waals surface area contributed by atoms with Gasteiger partial charge in [-0.05, 0) is 32.6 Å². The van der Waals surface area contributed by atoms with Gasteiger partial charge in [-0.15, -0.1) is 0 Å². The molecule has 2 aliphatic rings. The topological polar surface area (TPSA) is 46.3 Å². The first-order valence-corrected chi connectivity index (χ1v) is 10.6. The Bertz CT molecular complexity index is 738. The molecule has 2 saturated carbocycles. The van der Waals surface area contributed by atoms with E-state index in [-0.39, 0.29) is 5.91 Å². The molecule has 0 spiro atoms. The number of benzene rings is 1. The van der Waals surface area contributed by atoms with Gasteiger partial charge in [0.15, 0.2) is 0 Å². The number of carbonyl (C=O) groups excluding carboxylic acids is 1. The molecule has 0 atom stereocenters. The van der Waals surface area contributed by atoms with Gasteiger partial charge in [-0.25, -0.2) is 0 Å². The molecule has 1 heterocycles. The molecule has 4 heteroatoms. The van der Waals surface area contributed by atoms with Gasteiger partial charge in [-0.2, -0.15) is 0 Å². The van der Waals surface area contributed by atoms with E-state index in [1.807, 2.05) is 37.3 Å². The fourth-order valence-corrected chi connectivity index (χ4v) is 4.89. The molecule has 4 rings (SSSR count). The van der Waals surface area contributed by atoms with Gasteiger partial charge < -0.3 is 9.42 Å². The normalized spacial score (nSPS) is 19.1. The number of amides is 1. The summed E-state index contributed by atoms with van der Waals surface area (Å²) in [5, 5.41) is 4.26. The van der Waals surface area contributed by atoms with Crippen LogP contribution >= 0.6 is 0 Å². The van der Waals surface area contributed by atoms with Gasteiger partial charge in [-0.1, -0.05) is 74.0 Å². The minimum Gasteiger partial charge on any atom is -0.360 e. The Morgan fingerprint density at radius 3 is 2.04 bits per heavy atom. The van der Waals surface area contributed by atoms with E-state index in [0.717, 1.165) is 31.2 Å². The summed E-state index contributed by atoms with van der Waals surface area (Å²) in [6, 6.07) is 10.7. The highest BCUT2D eigenvalue weighted by molar-refractivity contribution is 6.01. The first-order valence-electron chi connectivity index (χ1n) is 10.6. The van der Waals surface area contributed by atoms with Crippen molar-refractivity contribution in [3.63, 3.8) is 0 Å². The molecule has 1 amide bonds. The highest BCUT2D eigenvalue weighted by atomic mass is 16.5. The molecule has 0 saturated heterocycles. The van der Waals surface area contributed by atoms with Crippen LogP contribution in [0, 0.1) is 6.92 Å². The average molecular weight is 367 g/mol. The standard InChI is InChI=1S/C23H30N2O2/c1-17-21(22(24-27-17)18-11-5-2-6-12-18)23(26)25(19-13-7-3-8-14-19)20-15-9-4-10-16-20/h2,5-6,11-12,19-20H,3-4,7-10,13-16H2,1H3. The number of nitrogens with zero attached hydrogens (tertiary/aromatic N) is 2. The molecule has 144 valence electrons. The third-order valence-electron chi connectivity index (χ3n) is 6.29. The van der Waals surface area contributed by atoms with Crippen LogP contribution in [0.25, 0.3) is 11.3 Å². The van der Waals surface area contributed by atoms with Crippen LogP contribution in [0.3, 0.4) is 0 Å². The Hall–Kier alpha value is -2.10. The summed E-state index contributed by atoms with van der Waals surface area (Å²) in [5.74, 6) is 0.766.